The summed E-state index contributed by atoms with van der Waals surface area (Å²) in [5, 5.41) is 0. The zero-order valence-electron chi connectivity index (χ0n) is 8.07. The number of para-hydroxylation sites is 1. The van der Waals surface area contributed by atoms with Crippen LogP contribution in [-0.2, 0) is 0 Å². The van der Waals surface area contributed by atoms with Gasteiger partial charge in [-0.3, -0.25) is 0 Å². The first-order chi connectivity index (χ1) is 6.43. The van der Waals surface area contributed by atoms with Gasteiger partial charge in [0, 0.05) is 0 Å². The monoisotopic (exact) mass is 176 g/mol. The van der Waals surface area contributed by atoms with Gasteiger partial charge in [-0.05, 0) is 31.1 Å². The van der Waals surface area contributed by atoms with E-state index in [9.17, 15) is 0 Å². The van der Waals surface area contributed by atoms with Crippen molar-refractivity contribution in [2.75, 3.05) is 0 Å². The van der Waals surface area contributed by atoms with Gasteiger partial charge in [-0.15, -0.1) is 0 Å². The highest BCUT2D eigenvalue weighted by Crippen LogP contribution is 2.08. The fourth-order valence-electron chi connectivity index (χ4n) is 1.02. The Morgan fingerprint density at radius 1 is 1.23 bits per heavy atom. The smallest absolute Gasteiger partial charge is 0.126 e. The first kappa shape index (κ1) is 9.85. The van der Waals surface area contributed by atoms with Gasteiger partial charge in [-0.25, -0.2) is 0 Å². The average Bonchev–Trinajstić information content (AvgIpc) is 2.19. The summed E-state index contributed by atoms with van der Waals surface area (Å²) >= 11 is 0. The molecule has 1 aromatic rings. The summed E-state index contributed by atoms with van der Waals surface area (Å²) in [7, 11) is 0. The van der Waals surface area contributed by atoms with Crippen LogP contribution in [-0.4, -0.2) is 0 Å². The lowest BCUT2D eigenvalue weighted by Gasteiger charge is -1.97. The summed E-state index contributed by atoms with van der Waals surface area (Å²) in [4.78, 5) is 0. The summed E-state index contributed by atoms with van der Waals surface area (Å²) in [6.07, 6.45) is 7.40. The SMILES string of the molecule is CCCC/C=C/Oc1ccccc1. The number of allylic oxidation sites excluding steroid dienone is 1. The van der Waals surface area contributed by atoms with Crippen LogP contribution in [0.25, 0.3) is 0 Å². The summed E-state index contributed by atoms with van der Waals surface area (Å²) < 4.78 is 5.37. The minimum atomic E-state index is 0.898. The zero-order valence-corrected chi connectivity index (χ0v) is 8.07. The second-order valence-corrected chi connectivity index (χ2v) is 2.94. The molecular weight excluding hydrogens is 160 g/mol. The maximum Gasteiger partial charge on any atom is 0.126 e. The molecule has 0 aliphatic rings. The Labute approximate surface area is 80.0 Å². The van der Waals surface area contributed by atoms with E-state index in [2.05, 4.69) is 13.0 Å². The molecule has 0 saturated carbocycles. The van der Waals surface area contributed by atoms with Crippen LogP contribution in [0.3, 0.4) is 0 Å². The largest absolute Gasteiger partial charge is 0.465 e. The van der Waals surface area contributed by atoms with Gasteiger partial charge >= 0.3 is 0 Å². The van der Waals surface area contributed by atoms with Gasteiger partial charge in [-0.1, -0.05) is 31.5 Å². The lowest BCUT2D eigenvalue weighted by Crippen LogP contribution is -1.80. The Morgan fingerprint density at radius 3 is 2.69 bits per heavy atom. The van der Waals surface area contributed by atoms with Crippen LogP contribution in [0.2, 0.25) is 0 Å². The molecule has 1 heteroatoms. The Balaban J connectivity index is 2.23. The van der Waals surface area contributed by atoms with E-state index in [1.165, 1.54) is 12.8 Å². The van der Waals surface area contributed by atoms with Crippen LogP contribution < -0.4 is 4.74 Å². The molecule has 0 unspecified atom stereocenters. The highest BCUT2D eigenvalue weighted by atomic mass is 16.5. The molecule has 70 valence electrons. The molecule has 0 fully saturated rings. The molecule has 0 aromatic heterocycles. The Kier molecular flexibility index (Phi) is 4.77. The number of hydrogen-bond donors (Lipinski definition) is 0. The van der Waals surface area contributed by atoms with Crippen molar-refractivity contribution in [1.29, 1.82) is 0 Å². The lowest BCUT2D eigenvalue weighted by atomic mass is 10.2. The second kappa shape index (κ2) is 6.30. The summed E-state index contributed by atoms with van der Waals surface area (Å²) in [6.45, 7) is 2.19. The van der Waals surface area contributed by atoms with Crippen LogP contribution in [0.1, 0.15) is 26.2 Å². The highest BCUT2D eigenvalue weighted by Gasteiger charge is 1.85. The molecule has 0 bridgehead atoms. The molecule has 0 aliphatic heterocycles. The zero-order chi connectivity index (χ0) is 9.36. The second-order valence-electron chi connectivity index (χ2n) is 2.94. The van der Waals surface area contributed by atoms with Crippen molar-refractivity contribution < 1.29 is 4.74 Å². The van der Waals surface area contributed by atoms with Gasteiger partial charge in [0.05, 0.1) is 6.26 Å². The first-order valence-corrected chi connectivity index (χ1v) is 4.80. The molecular formula is C12H16O. The highest BCUT2D eigenvalue weighted by molar-refractivity contribution is 5.21. The van der Waals surface area contributed by atoms with Gasteiger partial charge in [0.15, 0.2) is 0 Å². The third-order valence-electron chi connectivity index (χ3n) is 1.77. The summed E-state index contributed by atoms with van der Waals surface area (Å²) in [5.41, 5.74) is 0. The fourth-order valence-corrected chi connectivity index (χ4v) is 1.02. The predicted octanol–water partition coefficient (Wildman–Crippen LogP) is 3.77. The van der Waals surface area contributed by atoms with Crippen molar-refractivity contribution in [3.05, 3.63) is 42.7 Å². The fraction of sp³-hybridized carbons (Fsp3) is 0.333. The van der Waals surface area contributed by atoms with E-state index in [0.717, 1.165) is 12.2 Å². The van der Waals surface area contributed by atoms with E-state index in [-0.39, 0.29) is 0 Å². The quantitative estimate of drug-likeness (QED) is 0.490. The van der Waals surface area contributed by atoms with Gasteiger partial charge < -0.3 is 4.74 Å². The van der Waals surface area contributed by atoms with E-state index in [1.54, 1.807) is 6.26 Å². The third kappa shape index (κ3) is 4.36. The van der Waals surface area contributed by atoms with Gasteiger partial charge in [0.25, 0.3) is 0 Å². The summed E-state index contributed by atoms with van der Waals surface area (Å²) in [6, 6.07) is 9.81. The molecule has 0 radical (unpaired) electrons. The van der Waals surface area contributed by atoms with Crippen molar-refractivity contribution in [2.45, 2.75) is 26.2 Å². The number of benzene rings is 1. The predicted molar refractivity (Wildman–Crippen MR) is 55.7 cm³/mol. The Bertz CT molecular complexity index is 239. The number of ether oxygens (including phenoxy) is 1. The molecule has 0 saturated heterocycles. The van der Waals surface area contributed by atoms with E-state index < -0.39 is 0 Å². The molecule has 0 N–H and O–H groups in total. The lowest BCUT2D eigenvalue weighted by molar-refractivity contribution is 0.478. The van der Waals surface area contributed by atoms with Crippen molar-refractivity contribution >= 4 is 0 Å². The molecule has 0 aliphatic carbocycles. The van der Waals surface area contributed by atoms with Crippen molar-refractivity contribution in [2.24, 2.45) is 0 Å². The van der Waals surface area contributed by atoms with E-state index >= 15 is 0 Å². The molecule has 13 heavy (non-hydrogen) atoms. The van der Waals surface area contributed by atoms with Crippen LogP contribution in [0, 0.1) is 0 Å². The maximum atomic E-state index is 5.37. The first-order valence-electron chi connectivity index (χ1n) is 4.80. The third-order valence-corrected chi connectivity index (χ3v) is 1.77. The van der Waals surface area contributed by atoms with Crippen LogP contribution in [0.4, 0.5) is 0 Å². The molecule has 1 rings (SSSR count). The molecule has 1 aromatic carbocycles. The van der Waals surface area contributed by atoms with E-state index in [0.29, 0.717) is 0 Å². The molecule has 0 atom stereocenters. The number of hydrogen-bond acceptors (Lipinski definition) is 1. The van der Waals surface area contributed by atoms with Gasteiger partial charge in [0.1, 0.15) is 5.75 Å². The van der Waals surface area contributed by atoms with Crippen molar-refractivity contribution in [1.82, 2.24) is 0 Å². The molecule has 0 spiro atoms. The topological polar surface area (TPSA) is 9.23 Å². The van der Waals surface area contributed by atoms with Crippen molar-refractivity contribution in [3.8, 4) is 5.75 Å². The van der Waals surface area contributed by atoms with E-state index in [4.69, 9.17) is 4.74 Å². The maximum absolute atomic E-state index is 5.37. The summed E-state index contributed by atoms with van der Waals surface area (Å²) in [5.74, 6) is 0.898. The molecule has 0 heterocycles. The standard InChI is InChI=1S/C12H16O/c1-2-3-4-8-11-13-12-9-6-5-7-10-12/h5-11H,2-4H2,1H3/b11-8+. The molecule has 1 nitrogen and oxygen atoms in total. The Morgan fingerprint density at radius 2 is 2.00 bits per heavy atom. The van der Waals surface area contributed by atoms with E-state index in [1.807, 2.05) is 30.3 Å². The normalized spacial score (nSPS) is 10.5. The minimum absolute atomic E-state index is 0.898. The van der Waals surface area contributed by atoms with Crippen LogP contribution in [0.15, 0.2) is 42.7 Å². The van der Waals surface area contributed by atoms with Gasteiger partial charge in [0.2, 0.25) is 0 Å². The minimum Gasteiger partial charge on any atom is -0.465 e. The Hall–Kier alpha value is -1.24. The number of unbranched alkanes of at least 4 members (excludes halogenated alkanes) is 2. The van der Waals surface area contributed by atoms with Crippen molar-refractivity contribution in [3.63, 3.8) is 0 Å². The number of rotatable bonds is 5. The average molecular weight is 176 g/mol. The molecule has 0 amide bonds. The van der Waals surface area contributed by atoms with Crippen LogP contribution in [0.5, 0.6) is 5.75 Å². The van der Waals surface area contributed by atoms with Crippen LogP contribution >= 0.6 is 0 Å². The van der Waals surface area contributed by atoms with Gasteiger partial charge in [-0.2, -0.15) is 0 Å².